The number of anilines is 1. The number of hydrogen-bond acceptors (Lipinski definition) is 9. The number of ether oxygens (including phenoxy) is 2. The number of ketones is 1. The van der Waals surface area contributed by atoms with E-state index in [1.165, 1.54) is 11.3 Å². The lowest BCUT2D eigenvalue weighted by atomic mass is 10.1. The second kappa shape index (κ2) is 11.6. The van der Waals surface area contributed by atoms with Gasteiger partial charge in [-0.25, -0.2) is 4.98 Å². The molecule has 29 heavy (non-hydrogen) atoms. The third-order valence-electron chi connectivity index (χ3n) is 4.64. The number of pyridine rings is 1. The van der Waals surface area contributed by atoms with E-state index >= 15 is 0 Å². The first kappa shape index (κ1) is 23.8. The number of aromatic nitrogens is 2. The van der Waals surface area contributed by atoms with Crippen LogP contribution in [0.5, 0.6) is 5.75 Å². The Hall–Kier alpha value is -1.49. The van der Waals surface area contributed by atoms with Crippen molar-refractivity contribution < 1.29 is 14.3 Å². The molecule has 2 aromatic heterocycles. The van der Waals surface area contributed by atoms with Crippen LogP contribution >= 0.6 is 36.2 Å². The molecule has 2 aromatic rings. The van der Waals surface area contributed by atoms with Crippen molar-refractivity contribution in [1.82, 2.24) is 20.6 Å². The Balaban J connectivity index is 0.00000150. The Morgan fingerprint density at radius 2 is 2.17 bits per heavy atom. The van der Waals surface area contributed by atoms with E-state index < -0.39 is 6.10 Å². The molecule has 2 unspecified atom stereocenters. The van der Waals surface area contributed by atoms with Crippen LogP contribution in [0.15, 0.2) is 29.9 Å². The van der Waals surface area contributed by atoms with E-state index in [1.807, 2.05) is 17.5 Å². The van der Waals surface area contributed by atoms with Crippen molar-refractivity contribution in [3.63, 3.8) is 0 Å². The van der Waals surface area contributed by atoms with Crippen molar-refractivity contribution in [3.05, 3.63) is 35.6 Å². The van der Waals surface area contributed by atoms with Gasteiger partial charge in [0.15, 0.2) is 5.13 Å². The number of Topliss-reactive ketones (excluding diaryl/α,β-unsaturated/α-hetero) is 1. The molecule has 0 bridgehead atoms. The van der Waals surface area contributed by atoms with Crippen LogP contribution in [0.3, 0.4) is 0 Å². The Labute approximate surface area is 186 Å². The highest BCUT2D eigenvalue weighted by Gasteiger charge is 2.29. The van der Waals surface area contributed by atoms with Gasteiger partial charge in [-0.3, -0.25) is 9.78 Å². The quantitative estimate of drug-likeness (QED) is 0.624. The number of rotatable bonds is 6. The summed E-state index contributed by atoms with van der Waals surface area (Å²) in [6, 6.07) is 3.89. The summed E-state index contributed by atoms with van der Waals surface area (Å²) < 4.78 is 11.4. The van der Waals surface area contributed by atoms with Gasteiger partial charge in [0.1, 0.15) is 24.2 Å². The predicted molar refractivity (Wildman–Crippen MR) is 117 cm³/mol. The van der Waals surface area contributed by atoms with Crippen molar-refractivity contribution in [2.75, 3.05) is 50.8 Å². The zero-order valence-corrected chi connectivity index (χ0v) is 18.2. The molecule has 0 aromatic carbocycles. The molecule has 2 atom stereocenters. The Morgan fingerprint density at radius 3 is 2.93 bits per heavy atom. The average Bonchev–Trinajstić information content (AvgIpc) is 3.23. The number of thiazole rings is 1. The molecule has 8 nitrogen and oxygen atoms in total. The molecule has 0 aliphatic carbocycles. The van der Waals surface area contributed by atoms with Gasteiger partial charge in [0.25, 0.3) is 0 Å². The minimum Gasteiger partial charge on any atom is -0.490 e. The molecule has 0 radical (unpaired) electrons. The molecule has 11 heteroatoms. The van der Waals surface area contributed by atoms with Crippen LogP contribution < -0.4 is 20.3 Å². The monoisotopic (exact) mass is 461 g/mol. The number of hydrogen-bond donors (Lipinski definition) is 2. The molecule has 0 amide bonds. The topological polar surface area (TPSA) is 88.6 Å². The highest BCUT2D eigenvalue weighted by molar-refractivity contribution is 7.14. The van der Waals surface area contributed by atoms with Crippen LogP contribution in [-0.2, 0) is 4.74 Å². The summed E-state index contributed by atoms with van der Waals surface area (Å²) in [5, 5.41) is 9.26. The van der Waals surface area contributed by atoms with Gasteiger partial charge < -0.3 is 25.0 Å². The lowest BCUT2D eigenvalue weighted by Crippen LogP contribution is -2.54. The molecular formula is C18H25Cl2N5O3S. The predicted octanol–water partition coefficient (Wildman–Crippen LogP) is 1.41. The molecular weight excluding hydrogens is 437 g/mol. The Morgan fingerprint density at radius 1 is 1.31 bits per heavy atom. The maximum Gasteiger partial charge on any atom is 0.212 e. The summed E-state index contributed by atoms with van der Waals surface area (Å²) in [7, 11) is 0. The normalized spacial score (nSPS) is 21.6. The SMILES string of the molecule is Cl.Cl.O=C(c1csc(N2CCNCC2COc2cccnc2)n1)C1CNCCO1. The lowest BCUT2D eigenvalue weighted by Gasteiger charge is -2.35. The Bertz CT molecular complexity index is 761. The molecule has 0 saturated carbocycles. The van der Waals surface area contributed by atoms with Crippen LogP contribution in [-0.4, -0.2) is 73.8 Å². The van der Waals surface area contributed by atoms with Gasteiger partial charge in [0.2, 0.25) is 5.78 Å². The minimum absolute atomic E-state index is 0. The molecule has 0 spiro atoms. The molecule has 2 fully saturated rings. The fraction of sp³-hybridized carbons (Fsp3) is 0.500. The van der Waals surface area contributed by atoms with Crippen molar-refractivity contribution in [3.8, 4) is 5.75 Å². The standard InChI is InChI=1S/C18H23N5O3S.2ClH/c24-17(16-10-21-5-7-25-16)15-12-27-18(22-15)23-6-4-20-8-13(23)11-26-14-2-1-3-19-9-14;;/h1-3,9,12-13,16,20-21H,4-8,10-11H2;2*1H. The lowest BCUT2D eigenvalue weighted by molar-refractivity contribution is 0.0266. The van der Waals surface area contributed by atoms with E-state index in [0.29, 0.717) is 25.5 Å². The number of morpholine rings is 1. The van der Waals surface area contributed by atoms with Gasteiger partial charge >= 0.3 is 0 Å². The summed E-state index contributed by atoms with van der Waals surface area (Å²) in [5.74, 6) is 0.697. The second-order valence-corrected chi connectivity index (χ2v) is 7.33. The van der Waals surface area contributed by atoms with E-state index in [1.54, 1.807) is 12.4 Å². The van der Waals surface area contributed by atoms with E-state index in [9.17, 15) is 4.79 Å². The van der Waals surface area contributed by atoms with E-state index in [4.69, 9.17) is 9.47 Å². The second-order valence-electron chi connectivity index (χ2n) is 6.49. The molecule has 2 saturated heterocycles. The fourth-order valence-corrected chi connectivity index (χ4v) is 4.11. The molecule has 4 heterocycles. The highest BCUT2D eigenvalue weighted by Crippen LogP contribution is 2.25. The Kier molecular flexibility index (Phi) is 9.54. The highest BCUT2D eigenvalue weighted by atomic mass is 35.5. The number of carbonyl (C=O) groups is 1. The van der Waals surface area contributed by atoms with Gasteiger partial charge in [-0.1, -0.05) is 0 Å². The van der Waals surface area contributed by atoms with Crippen LogP contribution in [0.2, 0.25) is 0 Å². The first-order valence-electron chi connectivity index (χ1n) is 9.13. The zero-order chi connectivity index (χ0) is 18.5. The smallest absolute Gasteiger partial charge is 0.212 e. The number of carbonyl (C=O) groups excluding carboxylic acids is 1. The molecule has 2 aliphatic rings. The van der Waals surface area contributed by atoms with Crippen LogP contribution in [0.25, 0.3) is 0 Å². The van der Waals surface area contributed by atoms with Crippen molar-refractivity contribution >= 4 is 47.1 Å². The third-order valence-corrected chi connectivity index (χ3v) is 5.51. The van der Waals surface area contributed by atoms with E-state index in [2.05, 4.69) is 25.5 Å². The van der Waals surface area contributed by atoms with Crippen LogP contribution in [0.1, 0.15) is 10.5 Å². The summed E-state index contributed by atoms with van der Waals surface area (Å²) in [4.78, 5) is 23.5. The summed E-state index contributed by atoms with van der Waals surface area (Å²) >= 11 is 1.50. The van der Waals surface area contributed by atoms with Gasteiger partial charge in [0, 0.05) is 44.3 Å². The molecule has 2 N–H and O–H groups in total. The van der Waals surface area contributed by atoms with Gasteiger partial charge in [-0.05, 0) is 12.1 Å². The van der Waals surface area contributed by atoms with Crippen LogP contribution in [0, 0.1) is 0 Å². The first-order chi connectivity index (χ1) is 13.3. The first-order valence-corrected chi connectivity index (χ1v) is 10.0. The maximum absolute atomic E-state index is 12.6. The molecule has 2 aliphatic heterocycles. The largest absolute Gasteiger partial charge is 0.490 e. The fourth-order valence-electron chi connectivity index (χ4n) is 3.19. The maximum atomic E-state index is 12.6. The van der Waals surface area contributed by atoms with Crippen molar-refractivity contribution in [2.45, 2.75) is 12.1 Å². The van der Waals surface area contributed by atoms with Gasteiger partial charge in [-0.2, -0.15) is 0 Å². The zero-order valence-electron chi connectivity index (χ0n) is 15.8. The number of halogens is 2. The minimum atomic E-state index is -0.443. The third kappa shape index (κ3) is 6.00. The summed E-state index contributed by atoms with van der Waals surface area (Å²) in [6.45, 7) is 4.91. The number of nitrogens with zero attached hydrogens (tertiary/aromatic N) is 3. The summed E-state index contributed by atoms with van der Waals surface area (Å²) in [6.07, 6.45) is 2.99. The van der Waals surface area contributed by atoms with E-state index in [-0.39, 0.29) is 36.6 Å². The number of nitrogens with one attached hydrogen (secondary N) is 2. The molecule has 160 valence electrons. The van der Waals surface area contributed by atoms with E-state index in [0.717, 1.165) is 37.1 Å². The molecule has 4 rings (SSSR count). The van der Waals surface area contributed by atoms with Crippen molar-refractivity contribution in [2.24, 2.45) is 0 Å². The van der Waals surface area contributed by atoms with Gasteiger partial charge in [0.05, 0.1) is 18.8 Å². The van der Waals surface area contributed by atoms with Crippen molar-refractivity contribution in [1.29, 1.82) is 0 Å². The average molecular weight is 462 g/mol. The van der Waals surface area contributed by atoms with Crippen LogP contribution in [0.4, 0.5) is 5.13 Å². The van der Waals surface area contributed by atoms with Gasteiger partial charge in [-0.15, -0.1) is 36.2 Å². The number of piperazine rings is 1. The summed E-state index contributed by atoms with van der Waals surface area (Å²) in [5.41, 5.74) is 0.481.